The van der Waals surface area contributed by atoms with Crippen LogP contribution in [0.15, 0.2) is 46.2 Å². The van der Waals surface area contributed by atoms with Gasteiger partial charge in [-0.15, -0.1) is 0 Å². The van der Waals surface area contributed by atoms with Crippen LogP contribution in [0.25, 0.3) is 11.0 Å². The van der Waals surface area contributed by atoms with Gasteiger partial charge in [-0.3, -0.25) is 14.5 Å². The number of methoxy groups -OCH3 is 1. The molecular weight excluding hydrogens is 509 g/mol. The molecule has 3 heterocycles. The summed E-state index contributed by atoms with van der Waals surface area (Å²) in [5, 5.41) is 9.51. The molecule has 0 bridgehead atoms. The lowest BCUT2D eigenvalue weighted by molar-refractivity contribution is 0.110. The number of aliphatic imine (C=N–C) groups is 1. The van der Waals surface area contributed by atoms with Crippen LogP contribution in [0.3, 0.4) is 0 Å². The van der Waals surface area contributed by atoms with Crippen LogP contribution in [0.5, 0.6) is 0 Å². The molecule has 1 aliphatic heterocycles. The number of fused-ring (bicyclic) bond motifs is 1. The van der Waals surface area contributed by atoms with E-state index in [1.165, 1.54) is 29.5 Å². The van der Waals surface area contributed by atoms with E-state index in [4.69, 9.17) is 9.73 Å². The highest BCUT2D eigenvalue weighted by Crippen LogP contribution is 2.35. The van der Waals surface area contributed by atoms with Crippen LogP contribution < -0.4 is 10.6 Å². The Labute approximate surface area is 233 Å². The minimum Gasteiger partial charge on any atom is -0.483 e. The van der Waals surface area contributed by atoms with Gasteiger partial charge >= 0.3 is 5.69 Å². The highest BCUT2D eigenvalue weighted by molar-refractivity contribution is 5.87. The maximum absolute atomic E-state index is 13.9. The fourth-order valence-corrected chi connectivity index (χ4v) is 5.63. The second-order valence-corrected chi connectivity index (χ2v) is 10.7. The topological polar surface area (TPSA) is 99.6 Å². The Morgan fingerprint density at radius 3 is 2.48 bits per heavy atom. The SMILES string of the molecule is CCC1CN(C(C(=NCC2CC2)OC)c2ccc(F)cc2)[C@H](CC)CN1c1nc(=O)n(C)c2ccc(C#N)nc12. The van der Waals surface area contributed by atoms with E-state index in [1.54, 1.807) is 26.3 Å². The normalized spacial score (nSPS) is 20.9. The van der Waals surface area contributed by atoms with Gasteiger partial charge in [0.2, 0.25) is 5.90 Å². The summed E-state index contributed by atoms with van der Waals surface area (Å²) in [6.45, 7) is 6.23. The van der Waals surface area contributed by atoms with Crippen molar-refractivity contribution in [2.45, 2.75) is 57.7 Å². The van der Waals surface area contributed by atoms with Gasteiger partial charge in [0.05, 0.1) is 12.6 Å². The van der Waals surface area contributed by atoms with Crippen molar-refractivity contribution in [3.63, 3.8) is 0 Å². The van der Waals surface area contributed by atoms with Gasteiger partial charge in [-0.1, -0.05) is 26.0 Å². The van der Waals surface area contributed by atoms with Gasteiger partial charge in [0.1, 0.15) is 29.1 Å². The van der Waals surface area contributed by atoms with Gasteiger partial charge in [0.25, 0.3) is 0 Å². The van der Waals surface area contributed by atoms with Crippen LogP contribution in [0, 0.1) is 23.1 Å². The predicted octanol–water partition coefficient (Wildman–Crippen LogP) is 4.21. The highest BCUT2D eigenvalue weighted by Gasteiger charge is 2.40. The quantitative estimate of drug-likeness (QED) is 0.309. The zero-order chi connectivity index (χ0) is 28.4. The van der Waals surface area contributed by atoms with Gasteiger partial charge in [-0.2, -0.15) is 10.2 Å². The number of ether oxygens (including phenoxy) is 1. The molecule has 40 heavy (non-hydrogen) atoms. The number of rotatable bonds is 8. The molecule has 3 atom stereocenters. The summed E-state index contributed by atoms with van der Waals surface area (Å²) in [6.07, 6.45) is 3.99. The maximum atomic E-state index is 13.9. The Morgan fingerprint density at radius 2 is 1.85 bits per heavy atom. The molecule has 1 saturated carbocycles. The molecular formula is C30H36FN7O2. The number of pyridine rings is 1. The minimum atomic E-state index is -0.364. The molecule has 10 heteroatoms. The standard InChI is InChI=1S/C30H36FN7O2/c1-5-23-18-38(28-26-25(36(3)30(39)35-28)14-13-22(15-32)34-26)24(6-2)17-37(23)27(20-9-11-21(31)12-10-20)29(40-4)33-16-19-7-8-19/h9-14,19,23-24,27H,5-8,16-18H2,1-4H3/t23-,24?,27?/m1/s1. The summed E-state index contributed by atoms with van der Waals surface area (Å²) < 4.78 is 21.3. The number of anilines is 1. The number of nitrogens with zero attached hydrogens (tertiary/aromatic N) is 7. The number of nitriles is 1. The van der Waals surface area contributed by atoms with E-state index in [0.717, 1.165) is 24.9 Å². The molecule has 3 aromatic rings. The van der Waals surface area contributed by atoms with Gasteiger partial charge in [-0.25, -0.2) is 14.2 Å². The second kappa shape index (κ2) is 11.7. The molecule has 0 radical (unpaired) electrons. The molecule has 0 amide bonds. The third-order valence-electron chi connectivity index (χ3n) is 8.17. The van der Waals surface area contributed by atoms with Crippen molar-refractivity contribution < 1.29 is 9.13 Å². The van der Waals surface area contributed by atoms with E-state index in [-0.39, 0.29) is 35.3 Å². The highest BCUT2D eigenvalue weighted by atomic mass is 19.1. The summed E-state index contributed by atoms with van der Waals surface area (Å²) in [5.41, 5.74) is 2.02. The number of piperazine rings is 1. The zero-order valence-corrected chi connectivity index (χ0v) is 23.5. The van der Waals surface area contributed by atoms with Crippen molar-refractivity contribution in [2.24, 2.45) is 18.0 Å². The van der Waals surface area contributed by atoms with E-state index in [2.05, 4.69) is 39.7 Å². The Balaban J connectivity index is 1.57. The lowest BCUT2D eigenvalue weighted by Crippen LogP contribution is -2.60. The first-order valence-corrected chi connectivity index (χ1v) is 14.0. The van der Waals surface area contributed by atoms with Crippen LogP contribution in [0.1, 0.15) is 56.8 Å². The fraction of sp³-hybridized carbons (Fsp3) is 0.500. The average molecular weight is 546 g/mol. The van der Waals surface area contributed by atoms with Gasteiger partial charge < -0.3 is 9.64 Å². The molecule has 2 unspecified atom stereocenters. The molecule has 0 N–H and O–H groups in total. The molecule has 0 spiro atoms. The lowest BCUT2D eigenvalue weighted by Gasteiger charge is -2.49. The van der Waals surface area contributed by atoms with Crippen molar-refractivity contribution >= 4 is 22.7 Å². The van der Waals surface area contributed by atoms with Crippen molar-refractivity contribution in [1.29, 1.82) is 5.26 Å². The third-order valence-corrected chi connectivity index (χ3v) is 8.17. The monoisotopic (exact) mass is 545 g/mol. The third kappa shape index (κ3) is 5.43. The van der Waals surface area contributed by atoms with Crippen LogP contribution in [0.4, 0.5) is 10.2 Å². The fourth-order valence-electron chi connectivity index (χ4n) is 5.63. The number of hydrogen-bond donors (Lipinski definition) is 0. The van der Waals surface area contributed by atoms with Crippen molar-refractivity contribution in [2.75, 3.05) is 31.6 Å². The average Bonchev–Trinajstić information content (AvgIpc) is 3.81. The largest absolute Gasteiger partial charge is 0.483 e. The van der Waals surface area contributed by atoms with Gasteiger partial charge in [-0.05, 0) is 61.4 Å². The Morgan fingerprint density at radius 1 is 1.12 bits per heavy atom. The molecule has 1 aliphatic carbocycles. The molecule has 1 aromatic carbocycles. The van der Waals surface area contributed by atoms with E-state index in [1.807, 2.05) is 12.1 Å². The van der Waals surface area contributed by atoms with Gasteiger partial charge in [0, 0.05) is 38.8 Å². The number of halogens is 1. The first-order chi connectivity index (χ1) is 19.4. The summed E-state index contributed by atoms with van der Waals surface area (Å²) >= 11 is 0. The van der Waals surface area contributed by atoms with Crippen LogP contribution in [-0.4, -0.2) is 64.2 Å². The summed E-state index contributed by atoms with van der Waals surface area (Å²) in [4.78, 5) is 31.4. The Hall–Kier alpha value is -3.84. The summed E-state index contributed by atoms with van der Waals surface area (Å²) in [7, 11) is 3.32. The number of aromatic nitrogens is 3. The first kappa shape index (κ1) is 27.7. The second-order valence-electron chi connectivity index (χ2n) is 10.7. The first-order valence-electron chi connectivity index (χ1n) is 14.0. The zero-order valence-electron chi connectivity index (χ0n) is 23.5. The number of aryl methyl sites for hydroxylation is 1. The lowest BCUT2D eigenvalue weighted by atomic mass is 9.95. The van der Waals surface area contributed by atoms with E-state index in [0.29, 0.717) is 41.8 Å². The molecule has 210 valence electrons. The van der Waals surface area contributed by atoms with E-state index < -0.39 is 0 Å². The van der Waals surface area contributed by atoms with Crippen LogP contribution in [-0.2, 0) is 11.8 Å². The molecule has 2 aromatic heterocycles. The Kier molecular flexibility index (Phi) is 8.12. The van der Waals surface area contributed by atoms with Crippen molar-refractivity contribution in [3.8, 4) is 6.07 Å². The number of hydrogen-bond acceptors (Lipinski definition) is 8. The minimum absolute atomic E-state index is 0.00244. The summed E-state index contributed by atoms with van der Waals surface area (Å²) in [6, 6.07) is 11.9. The Bertz CT molecular complexity index is 1490. The molecule has 2 aliphatic rings. The molecule has 5 rings (SSSR count). The molecule has 2 fully saturated rings. The smallest absolute Gasteiger partial charge is 0.349 e. The van der Waals surface area contributed by atoms with E-state index >= 15 is 0 Å². The molecule has 9 nitrogen and oxygen atoms in total. The van der Waals surface area contributed by atoms with Crippen molar-refractivity contribution in [1.82, 2.24) is 19.4 Å². The van der Waals surface area contributed by atoms with Gasteiger partial charge in [0.15, 0.2) is 5.82 Å². The van der Waals surface area contributed by atoms with Crippen LogP contribution >= 0.6 is 0 Å². The predicted molar refractivity (Wildman–Crippen MR) is 153 cm³/mol. The van der Waals surface area contributed by atoms with Crippen molar-refractivity contribution in [3.05, 3.63) is 64.0 Å². The van der Waals surface area contributed by atoms with E-state index in [9.17, 15) is 14.4 Å². The molecule has 1 saturated heterocycles. The number of benzene rings is 1. The maximum Gasteiger partial charge on any atom is 0.349 e. The van der Waals surface area contributed by atoms with Crippen LogP contribution in [0.2, 0.25) is 0 Å². The summed E-state index contributed by atoms with van der Waals surface area (Å²) in [5.74, 6) is 1.46.